The predicted octanol–water partition coefficient (Wildman–Crippen LogP) is 12.3. The normalized spacial score (nSPS) is 13.2. The molecule has 0 N–H and O–H groups in total. The Morgan fingerprint density at radius 2 is 0.481 bits per heavy atom. The first-order valence-corrected chi connectivity index (χ1v) is 28.2. The van der Waals surface area contributed by atoms with Crippen LogP contribution in [0.15, 0.2) is 236 Å². The molecule has 0 saturated carbocycles. The third kappa shape index (κ3) is 9.16. The molecule has 0 atom stereocenters. The Labute approximate surface area is 449 Å². The van der Waals surface area contributed by atoms with Crippen molar-refractivity contribution in [3.63, 3.8) is 0 Å². The molecule has 19 heteroatoms. The zero-order chi connectivity index (χ0) is 54.8. The van der Waals surface area contributed by atoms with Gasteiger partial charge in [0.2, 0.25) is 29.5 Å². The standard InChI is InChI=1S/C60H34O16S3/c61-57-49-5-1-3-47-53(33-31-51(55(47)49)59(63)75-57)73-39-15-27-45(28-16-39)78(67,68)43-23-11-37(12-24-43)71-35-7-19-41(20-8-35)77(65,66)42-21-9-36(10-22-42)72-38-13-25-44(26-14-38)79(69,70)46-29-17-40(18-30-46)74-54-34-32-52-56-48(54)4-2-6-50(56)58(62)76-60(52)64/h1-34H. The first-order chi connectivity index (χ1) is 38.0. The first kappa shape index (κ1) is 49.9. The predicted molar refractivity (Wildman–Crippen MR) is 283 cm³/mol. The minimum Gasteiger partial charge on any atom is -0.457 e. The summed E-state index contributed by atoms with van der Waals surface area (Å²) < 4.78 is 115. The number of hydrogen-bond donors (Lipinski definition) is 0. The third-order valence-electron chi connectivity index (χ3n) is 13.0. The van der Waals surface area contributed by atoms with E-state index in [2.05, 4.69) is 0 Å². The summed E-state index contributed by atoms with van der Waals surface area (Å²) in [5, 5.41) is 1.84. The zero-order valence-electron chi connectivity index (χ0n) is 40.4. The van der Waals surface area contributed by atoms with E-state index < -0.39 is 53.4 Å². The van der Waals surface area contributed by atoms with Crippen molar-refractivity contribution < 1.29 is 72.9 Å². The van der Waals surface area contributed by atoms with Gasteiger partial charge in [0.25, 0.3) is 0 Å². The number of carbonyl (C=O) groups excluding carboxylic acids is 4. The zero-order valence-corrected chi connectivity index (χ0v) is 42.8. The number of sulfone groups is 3. The van der Waals surface area contributed by atoms with E-state index in [0.717, 1.165) is 0 Å². The second-order valence-electron chi connectivity index (χ2n) is 17.8. The molecule has 16 nitrogen and oxygen atoms in total. The van der Waals surface area contributed by atoms with Crippen LogP contribution in [0, 0.1) is 0 Å². The molecule has 2 heterocycles. The lowest BCUT2D eigenvalue weighted by Gasteiger charge is -2.17. The molecule has 2 aliphatic rings. The number of carbonyl (C=O) groups is 4. The molecule has 12 rings (SSSR count). The average Bonchev–Trinajstić information content (AvgIpc) is 3.49. The molecule has 10 aromatic carbocycles. The van der Waals surface area contributed by atoms with Gasteiger partial charge in [-0.1, -0.05) is 24.3 Å². The van der Waals surface area contributed by atoms with Gasteiger partial charge in [-0.25, -0.2) is 44.4 Å². The van der Waals surface area contributed by atoms with Gasteiger partial charge < -0.3 is 28.4 Å². The first-order valence-electron chi connectivity index (χ1n) is 23.7. The quantitative estimate of drug-likeness (QED) is 0.0728. The van der Waals surface area contributed by atoms with Crippen LogP contribution in [0.4, 0.5) is 0 Å². The third-order valence-corrected chi connectivity index (χ3v) is 18.3. The minimum atomic E-state index is -3.99. The maximum atomic E-state index is 13.6. The lowest BCUT2D eigenvalue weighted by atomic mass is 9.96. The molecule has 388 valence electrons. The highest BCUT2D eigenvalue weighted by Gasteiger charge is 2.30. The van der Waals surface area contributed by atoms with Crippen LogP contribution in [-0.4, -0.2) is 49.1 Å². The van der Waals surface area contributed by atoms with Gasteiger partial charge in [0, 0.05) is 21.5 Å². The van der Waals surface area contributed by atoms with Gasteiger partial charge >= 0.3 is 23.9 Å². The van der Waals surface area contributed by atoms with Crippen molar-refractivity contribution in [1.29, 1.82) is 0 Å². The van der Waals surface area contributed by atoms with Crippen molar-refractivity contribution in [2.24, 2.45) is 0 Å². The monoisotopic (exact) mass is 1110 g/mol. The largest absolute Gasteiger partial charge is 0.457 e. The Morgan fingerprint density at radius 3 is 0.734 bits per heavy atom. The van der Waals surface area contributed by atoms with Crippen LogP contribution >= 0.6 is 0 Å². The van der Waals surface area contributed by atoms with Gasteiger partial charge in [0.1, 0.15) is 46.0 Å². The van der Waals surface area contributed by atoms with Crippen molar-refractivity contribution in [2.45, 2.75) is 29.4 Å². The molecule has 0 amide bonds. The molecule has 79 heavy (non-hydrogen) atoms. The lowest BCUT2D eigenvalue weighted by Crippen LogP contribution is -2.19. The van der Waals surface area contributed by atoms with E-state index in [1.54, 1.807) is 48.5 Å². The van der Waals surface area contributed by atoms with E-state index in [4.69, 9.17) is 28.4 Å². The number of ether oxygens (including phenoxy) is 6. The van der Waals surface area contributed by atoms with Crippen molar-refractivity contribution >= 4 is 74.9 Å². The topological polar surface area (TPSA) is 226 Å². The molecule has 0 spiro atoms. The van der Waals surface area contributed by atoms with Gasteiger partial charge in [-0.3, -0.25) is 0 Å². The van der Waals surface area contributed by atoms with E-state index in [1.807, 2.05) is 0 Å². The molecule has 2 aliphatic heterocycles. The highest BCUT2D eigenvalue weighted by atomic mass is 32.2. The summed E-state index contributed by atoms with van der Waals surface area (Å²) in [5.74, 6) is -0.539. The average molecular weight is 1110 g/mol. The summed E-state index contributed by atoms with van der Waals surface area (Å²) in [4.78, 5) is 49.3. The summed E-state index contributed by atoms with van der Waals surface area (Å²) in [7, 11) is -12.0. The number of benzene rings is 10. The second-order valence-corrected chi connectivity index (χ2v) is 23.6. The Morgan fingerprint density at radius 1 is 0.253 bits per heavy atom. The molecule has 0 bridgehead atoms. The molecular formula is C60H34O16S3. The number of esters is 4. The maximum Gasteiger partial charge on any atom is 0.346 e. The number of cyclic esters (lactones) is 4. The fraction of sp³-hybridized carbons (Fsp3) is 0. The Kier molecular flexibility index (Phi) is 12.2. The lowest BCUT2D eigenvalue weighted by molar-refractivity contribution is 0.0373. The van der Waals surface area contributed by atoms with Crippen molar-refractivity contribution in [3.8, 4) is 46.0 Å². The van der Waals surface area contributed by atoms with Gasteiger partial charge in [-0.2, -0.15) is 0 Å². The van der Waals surface area contributed by atoms with E-state index in [1.165, 1.54) is 158 Å². The maximum absolute atomic E-state index is 13.6. The van der Waals surface area contributed by atoms with E-state index in [0.29, 0.717) is 56.0 Å². The van der Waals surface area contributed by atoms with Crippen molar-refractivity contribution in [1.82, 2.24) is 0 Å². The van der Waals surface area contributed by atoms with Gasteiger partial charge in [0.05, 0.1) is 51.6 Å². The van der Waals surface area contributed by atoms with Crippen molar-refractivity contribution in [2.75, 3.05) is 0 Å². The Bertz CT molecular complexity index is 4220. The number of rotatable bonds is 14. The van der Waals surface area contributed by atoms with Gasteiger partial charge in [0.15, 0.2) is 0 Å². The van der Waals surface area contributed by atoms with Gasteiger partial charge in [-0.15, -0.1) is 0 Å². The highest BCUT2D eigenvalue weighted by molar-refractivity contribution is 7.92. The second kappa shape index (κ2) is 19.3. The van der Waals surface area contributed by atoms with Crippen LogP contribution in [0.2, 0.25) is 0 Å². The Balaban J connectivity index is 0.651. The highest BCUT2D eigenvalue weighted by Crippen LogP contribution is 2.40. The molecule has 0 radical (unpaired) electrons. The van der Waals surface area contributed by atoms with E-state index in [9.17, 15) is 44.4 Å². The summed E-state index contributed by atoms with van der Waals surface area (Å²) in [6.45, 7) is 0. The van der Waals surface area contributed by atoms with Crippen LogP contribution in [0.3, 0.4) is 0 Å². The fourth-order valence-electron chi connectivity index (χ4n) is 9.06. The smallest absolute Gasteiger partial charge is 0.346 e. The summed E-state index contributed by atoms with van der Waals surface area (Å²) >= 11 is 0. The van der Waals surface area contributed by atoms with E-state index in [-0.39, 0.29) is 63.1 Å². The minimum absolute atomic E-state index is 0.00448. The molecular weight excluding hydrogens is 1070 g/mol. The summed E-state index contributed by atoms with van der Waals surface area (Å²) in [6, 6.07) is 50.3. The molecule has 0 saturated heterocycles. The fourth-order valence-corrected chi connectivity index (χ4v) is 12.8. The molecule has 0 aromatic heterocycles. The van der Waals surface area contributed by atoms with Crippen LogP contribution in [0.1, 0.15) is 41.4 Å². The van der Waals surface area contributed by atoms with Crippen LogP contribution < -0.4 is 18.9 Å². The molecule has 0 aliphatic carbocycles. The summed E-state index contributed by atoms with van der Waals surface area (Å²) in [5.41, 5.74) is 0.925. The van der Waals surface area contributed by atoms with Crippen molar-refractivity contribution in [3.05, 3.63) is 229 Å². The Hall–Kier alpha value is -9.95. The molecule has 10 aromatic rings. The van der Waals surface area contributed by atoms with Crippen LogP contribution in [0.5, 0.6) is 46.0 Å². The van der Waals surface area contributed by atoms with Crippen LogP contribution in [-0.2, 0) is 39.0 Å². The summed E-state index contributed by atoms with van der Waals surface area (Å²) in [6.07, 6.45) is 0. The molecule has 0 fully saturated rings. The number of hydrogen-bond acceptors (Lipinski definition) is 16. The van der Waals surface area contributed by atoms with Gasteiger partial charge in [-0.05, 0) is 182 Å². The van der Waals surface area contributed by atoms with E-state index >= 15 is 0 Å². The SMILES string of the molecule is O=C1OC(=O)c2ccc(Oc3ccc(S(=O)(=O)c4ccc(Oc5ccc(S(=O)(=O)c6ccc(Oc7ccc(S(=O)(=O)c8ccc(Oc9ccc%10c%11c(cccc9%11)C(=O)OC%10=O)cc8)cc7)cc6)cc5)cc4)cc3)c3cccc1c23. The molecule has 0 unspecified atom stereocenters. The van der Waals surface area contributed by atoms with Crippen LogP contribution in [0.25, 0.3) is 21.5 Å².